The highest BCUT2D eigenvalue weighted by atomic mass is 15.2. The molecule has 2 heteroatoms. The van der Waals surface area contributed by atoms with Crippen LogP contribution in [0.3, 0.4) is 0 Å². The summed E-state index contributed by atoms with van der Waals surface area (Å²) < 4.78 is 0. The molecule has 3 aliphatic heterocycles. The van der Waals surface area contributed by atoms with E-state index in [1.807, 2.05) is 0 Å². The molecular formula is C18H26N2. The third kappa shape index (κ3) is 1.93. The monoisotopic (exact) mass is 270 g/mol. The SMILES string of the molecule is CN1C2CCC1CC1(CCNCC1c1ccccc1)C2. The molecule has 3 atom stereocenters. The summed E-state index contributed by atoms with van der Waals surface area (Å²) in [5, 5.41) is 3.65. The molecule has 1 aromatic rings. The van der Waals surface area contributed by atoms with E-state index in [0.717, 1.165) is 12.1 Å². The van der Waals surface area contributed by atoms with Gasteiger partial charge >= 0.3 is 0 Å². The second-order valence-corrected chi connectivity index (χ2v) is 7.24. The first kappa shape index (κ1) is 12.8. The van der Waals surface area contributed by atoms with Crippen molar-refractivity contribution in [2.45, 2.75) is 50.1 Å². The van der Waals surface area contributed by atoms with E-state index in [-0.39, 0.29) is 0 Å². The lowest BCUT2D eigenvalue weighted by Crippen LogP contribution is -2.53. The summed E-state index contributed by atoms with van der Waals surface area (Å²) in [5.41, 5.74) is 2.12. The molecule has 108 valence electrons. The molecular weight excluding hydrogens is 244 g/mol. The first-order valence-electron chi connectivity index (χ1n) is 8.26. The van der Waals surface area contributed by atoms with Crippen LogP contribution in [0.1, 0.15) is 43.6 Å². The lowest BCUT2D eigenvalue weighted by atomic mass is 9.61. The largest absolute Gasteiger partial charge is 0.316 e. The molecule has 1 N–H and O–H groups in total. The summed E-state index contributed by atoms with van der Waals surface area (Å²) in [6.07, 6.45) is 7.06. The average Bonchev–Trinajstić information content (AvgIpc) is 2.72. The molecule has 0 saturated carbocycles. The molecule has 3 unspecified atom stereocenters. The van der Waals surface area contributed by atoms with Crippen molar-refractivity contribution >= 4 is 0 Å². The van der Waals surface area contributed by atoms with Gasteiger partial charge in [-0.15, -0.1) is 0 Å². The minimum Gasteiger partial charge on any atom is -0.316 e. The Labute approximate surface area is 122 Å². The molecule has 0 amide bonds. The minimum absolute atomic E-state index is 0.560. The Morgan fingerprint density at radius 2 is 1.80 bits per heavy atom. The van der Waals surface area contributed by atoms with E-state index in [9.17, 15) is 0 Å². The second kappa shape index (κ2) is 4.85. The number of fused-ring (bicyclic) bond motifs is 2. The molecule has 2 bridgehead atoms. The Morgan fingerprint density at radius 1 is 1.10 bits per heavy atom. The van der Waals surface area contributed by atoms with E-state index in [1.165, 1.54) is 45.2 Å². The van der Waals surface area contributed by atoms with Gasteiger partial charge in [-0.1, -0.05) is 30.3 Å². The van der Waals surface area contributed by atoms with E-state index < -0.39 is 0 Å². The molecule has 0 aliphatic carbocycles. The van der Waals surface area contributed by atoms with Crippen LogP contribution in [0, 0.1) is 5.41 Å². The Morgan fingerprint density at radius 3 is 2.50 bits per heavy atom. The molecule has 0 aromatic heterocycles. The lowest BCUT2D eigenvalue weighted by molar-refractivity contribution is 0.0196. The molecule has 2 nitrogen and oxygen atoms in total. The maximum Gasteiger partial charge on any atom is 0.0101 e. The minimum atomic E-state index is 0.560. The molecule has 0 radical (unpaired) electrons. The summed E-state index contributed by atoms with van der Waals surface area (Å²) in [6, 6.07) is 12.9. The number of benzene rings is 1. The van der Waals surface area contributed by atoms with Crippen LogP contribution >= 0.6 is 0 Å². The van der Waals surface area contributed by atoms with Crippen molar-refractivity contribution in [3.63, 3.8) is 0 Å². The number of rotatable bonds is 1. The highest BCUT2D eigenvalue weighted by Gasteiger charge is 2.51. The van der Waals surface area contributed by atoms with Crippen LogP contribution in [0.25, 0.3) is 0 Å². The Kier molecular flexibility index (Phi) is 3.12. The molecule has 3 aliphatic rings. The van der Waals surface area contributed by atoms with Gasteiger partial charge in [0.05, 0.1) is 0 Å². The molecule has 4 rings (SSSR count). The number of hydrogen-bond donors (Lipinski definition) is 1. The fraction of sp³-hybridized carbons (Fsp3) is 0.667. The van der Waals surface area contributed by atoms with Crippen molar-refractivity contribution in [1.29, 1.82) is 0 Å². The van der Waals surface area contributed by atoms with E-state index in [1.54, 1.807) is 5.56 Å². The van der Waals surface area contributed by atoms with Crippen LogP contribution in [0.15, 0.2) is 30.3 Å². The summed E-state index contributed by atoms with van der Waals surface area (Å²) in [7, 11) is 2.35. The second-order valence-electron chi connectivity index (χ2n) is 7.24. The predicted molar refractivity (Wildman–Crippen MR) is 82.9 cm³/mol. The van der Waals surface area contributed by atoms with Gasteiger partial charge < -0.3 is 10.2 Å². The lowest BCUT2D eigenvalue weighted by Gasteiger charge is -2.52. The standard InChI is InChI=1S/C18H26N2/c1-20-15-7-8-16(20)12-18(11-15)9-10-19-13-17(18)14-5-3-2-4-6-14/h2-6,15-17,19H,7-13H2,1H3. The molecule has 1 aromatic carbocycles. The molecule has 3 fully saturated rings. The van der Waals surface area contributed by atoms with Gasteiger partial charge in [-0.2, -0.15) is 0 Å². The van der Waals surface area contributed by atoms with Gasteiger partial charge in [0.2, 0.25) is 0 Å². The summed E-state index contributed by atoms with van der Waals surface area (Å²) in [6.45, 7) is 2.39. The molecule has 1 spiro atoms. The van der Waals surface area contributed by atoms with Crippen LogP contribution in [-0.2, 0) is 0 Å². The highest BCUT2D eigenvalue weighted by molar-refractivity contribution is 5.25. The first-order chi connectivity index (χ1) is 9.78. The van der Waals surface area contributed by atoms with Crippen molar-refractivity contribution in [2.75, 3.05) is 20.1 Å². The van der Waals surface area contributed by atoms with Crippen LogP contribution in [0.4, 0.5) is 0 Å². The topological polar surface area (TPSA) is 15.3 Å². The van der Waals surface area contributed by atoms with E-state index in [2.05, 4.69) is 47.6 Å². The summed E-state index contributed by atoms with van der Waals surface area (Å²) >= 11 is 0. The van der Waals surface area contributed by atoms with Gasteiger partial charge in [0.15, 0.2) is 0 Å². The Hall–Kier alpha value is -0.860. The number of piperidine rings is 2. The third-order valence-corrected chi connectivity index (χ3v) is 6.36. The quantitative estimate of drug-likeness (QED) is 0.844. The zero-order valence-corrected chi connectivity index (χ0v) is 12.5. The van der Waals surface area contributed by atoms with Gasteiger partial charge in [0, 0.05) is 24.5 Å². The Balaban J connectivity index is 1.68. The zero-order chi connectivity index (χ0) is 13.6. The van der Waals surface area contributed by atoms with Crippen LogP contribution in [0.2, 0.25) is 0 Å². The van der Waals surface area contributed by atoms with Crippen LogP contribution in [0.5, 0.6) is 0 Å². The maximum atomic E-state index is 3.65. The number of nitrogens with one attached hydrogen (secondary N) is 1. The van der Waals surface area contributed by atoms with Crippen LogP contribution < -0.4 is 5.32 Å². The highest BCUT2D eigenvalue weighted by Crippen LogP contribution is 2.54. The van der Waals surface area contributed by atoms with Gasteiger partial charge in [-0.05, 0) is 56.7 Å². The summed E-state index contributed by atoms with van der Waals surface area (Å²) in [4.78, 5) is 2.68. The number of hydrogen-bond acceptors (Lipinski definition) is 2. The predicted octanol–water partition coefficient (Wildman–Crippen LogP) is 3.01. The van der Waals surface area contributed by atoms with Gasteiger partial charge in [-0.3, -0.25) is 0 Å². The van der Waals surface area contributed by atoms with E-state index >= 15 is 0 Å². The van der Waals surface area contributed by atoms with E-state index in [4.69, 9.17) is 0 Å². The average molecular weight is 270 g/mol. The first-order valence-corrected chi connectivity index (χ1v) is 8.26. The Bertz CT molecular complexity index is 456. The van der Waals surface area contributed by atoms with Crippen molar-refractivity contribution in [3.05, 3.63) is 35.9 Å². The molecule has 20 heavy (non-hydrogen) atoms. The third-order valence-electron chi connectivity index (χ3n) is 6.36. The van der Waals surface area contributed by atoms with E-state index in [0.29, 0.717) is 11.3 Å². The number of nitrogens with zero attached hydrogens (tertiary/aromatic N) is 1. The fourth-order valence-electron chi connectivity index (χ4n) is 5.22. The zero-order valence-electron chi connectivity index (χ0n) is 12.5. The van der Waals surface area contributed by atoms with Gasteiger partial charge in [0.1, 0.15) is 0 Å². The summed E-state index contributed by atoms with van der Waals surface area (Å²) in [5.74, 6) is 0.717. The van der Waals surface area contributed by atoms with Crippen molar-refractivity contribution in [1.82, 2.24) is 10.2 Å². The van der Waals surface area contributed by atoms with Crippen molar-refractivity contribution in [2.24, 2.45) is 5.41 Å². The smallest absolute Gasteiger partial charge is 0.0101 e. The van der Waals surface area contributed by atoms with Crippen molar-refractivity contribution in [3.8, 4) is 0 Å². The maximum absolute atomic E-state index is 3.65. The molecule has 3 saturated heterocycles. The van der Waals surface area contributed by atoms with Gasteiger partial charge in [0.25, 0.3) is 0 Å². The van der Waals surface area contributed by atoms with Gasteiger partial charge in [-0.25, -0.2) is 0 Å². The normalized spacial score (nSPS) is 41.1. The fourth-order valence-corrected chi connectivity index (χ4v) is 5.22. The van der Waals surface area contributed by atoms with Crippen molar-refractivity contribution < 1.29 is 0 Å². The van der Waals surface area contributed by atoms with Crippen LogP contribution in [-0.4, -0.2) is 37.1 Å². The molecule has 3 heterocycles.